The normalized spacial score (nSPS) is 14.3. The molecule has 22 heavy (non-hydrogen) atoms. The van der Waals surface area contributed by atoms with E-state index in [0.717, 1.165) is 6.07 Å². The number of carbonyl (C=O) groups is 1. The molecule has 2 N–H and O–H groups in total. The molecule has 1 amide bonds. The van der Waals surface area contributed by atoms with Gasteiger partial charge in [-0.25, -0.2) is 9.07 Å². The predicted molar refractivity (Wildman–Crippen MR) is 76.4 cm³/mol. The molecule has 0 bridgehead atoms. The van der Waals surface area contributed by atoms with Crippen LogP contribution in [0.1, 0.15) is 22.2 Å². The minimum Gasteiger partial charge on any atom is -0.476 e. The summed E-state index contributed by atoms with van der Waals surface area (Å²) in [4.78, 5) is 12.0. The van der Waals surface area contributed by atoms with E-state index in [2.05, 4.69) is 10.4 Å². The van der Waals surface area contributed by atoms with Gasteiger partial charge in [0.15, 0.2) is 5.69 Å². The third-order valence-corrected chi connectivity index (χ3v) is 3.62. The van der Waals surface area contributed by atoms with Crippen LogP contribution in [0.4, 0.5) is 4.39 Å². The summed E-state index contributed by atoms with van der Waals surface area (Å²) in [6, 6.07) is 5.53. The summed E-state index contributed by atoms with van der Waals surface area (Å²) in [5, 5.41) is 16.6. The number of nitrogens with one attached hydrogen (secondary N) is 1. The lowest BCUT2D eigenvalue weighted by molar-refractivity contribution is 0.0910. The highest BCUT2D eigenvalue weighted by molar-refractivity contribution is 6.30. The van der Waals surface area contributed by atoms with Gasteiger partial charge >= 0.3 is 0 Å². The largest absolute Gasteiger partial charge is 0.476 e. The monoisotopic (exact) mass is 325 g/mol. The Labute approximate surface area is 130 Å². The first kappa shape index (κ1) is 14.8. The van der Waals surface area contributed by atoms with E-state index >= 15 is 0 Å². The molecule has 8 heteroatoms. The Morgan fingerprint density at radius 1 is 1.55 bits per heavy atom. The number of aliphatic hydroxyl groups is 1. The van der Waals surface area contributed by atoms with Crippen LogP contribution in [0.5, 0.6) is 5.88 Å². The molecular formula is C14H13ClFN3O3. The number of halogens is 2. The van der Waals surface area contributed by atoms with Crippen LogP contribution in [-0.4, -0.2) is 33.9 Å². The molecule has 1 atom stereocenters. The zero-order valence-corrected chi connectivity index (χ0v) is 12.2. The molecule has 0 aliphatic carbocycles. The lowest BCUT2D eigenvalue weighted by Crippen LogP contribution is -2.29. The van der Waals surface area contributed by atoms with Crippen molar-refractivity contribution in [3.8, 4) is 5.88 Å². The smallest absolute Gasteiger partial charge is 0.272 e. The van der Waals surface area contributed by atoms with E-state index in [1.807, 2.05) is 0 Å². The van der Waals surface area contributed by atoms with Crippen LogP contribution in [-0.2, 0) is 6.54 Å². The van der Waals surface area contributed by atoms with Crippen molar-refractivity contribution in [3.63, 3.8) is 0 Å². The molecule has 0 saturated heterocycles. The lowest BCUT2D eigenvalue weighted by atomic mass is 10.1. The summed E-state index contributed by atoms with van der Waals surface area (Å²) < 4.78 is 20.2. The van der Waals surface area contributed by atoms with Gasteiger partial charge in [0.1, 0.15) is 12.4 Å². The predicted octanol–water partition coefficient (Wildman–Crippen LogP) is 1.53. The third kappa shape index (κ3) is 2.90. The third-order valence-electron chi connectivity index (χ3n) is 3.31. The van der Waals surface area contributed by atoms with Gasteiger partial charge in [-0.05, 0) is 17.7 Å². The Bertz CT molecular complexity index is 698. The highest BCUT2D eigenvalue weighted by Gasteiger charge is 2.20. The highest BCUT2D eigenvalue weighted by atomic mass is 35.5. The minimum absolute atomic E-state index is 0.0208. The van der Waals surface area contributed by atoms with Crippen molar-refractivity contribution in [2.75, 3.05) is 13.2 Å². The molecule has 0 fully saturated rings. The van der Waals surface area contributed by atoms with Crippen molar-refractivity contribution >= 4 is 17.5 Å². The number of aliphatic hydroxyl groups excluding tert-OH is 1. The number of hydrogen-bond acceptors (Lipinski definition) is 4. The van der Waals surface area contributed by atoms with Gasteiger partial charge in [0.05, 0.1) is 17.7 Å². The number of nitrogens with zero attached hydrogens (tertiary/aromatic N) is 2. The molecule has 6 nitrogen and oxygen atoms in total. The van der Waals surface area contributed by atoms with Gasteiger partial charge in [0.25, 0.3) is 5.91 Å². The van der Waals surface area contributed by atoms with Gasteiger partial charge in [-0.15, -0.1) is 0 Å². The number of benzene rings is 1. The van der Waals surface area contributed by atoms with E-state index in [1.54, 1.807) is 4.68 Å². The average molecular weight is 326 g/mol. The van der Waals surface area contributed by atoms with E-state index in [4.69, 9.17) is 16.3 Å². The van der Waals surface area contributed by atoms with Crippen LogP contribution in [0.15, 0.2) is 24.3 Å². The number of amides is 1. The van der Waals surface area contributed by atoms with Crippen molar-refractivity contribution in [1.29, 1.82) is 0 Å². The Kier molecular flexibility index (Phi) is 4.00. The molecule has 1 aromatic carbocycles. The van der Waals surface area contributed by atoms with Crippen LogP contribution in [0.25, 0.3) is 0 Å². The van der Waals surface area contributed by atoms with E-state index in [1.165, 1.54) is 18.2 Å². The SMILES string of the molecule is O=C(NCC(O)c1ccc(Cl)c(F)c1)c1cc2n(n1)CCO2. The lowest BCUT2D eigenvalue weighted by Gasteiger charge is -2.12. The van der Waals surface area contributed by atoms with Gasteiger partial charge in [0, 0.05) is 12.6 Å². The van der Waals surface area contributed by atoms with Gasteiger partial charge < -0.3 is 15.2 Å². The molecule has 116 valence electrons. The summed E-state index contributed by atoms with van der Waals surface area (Å²) in [6.07, 6.45) is -1.04. The summed E-state index contributed by atoms with van der Waals surface area (Å²) in [5.74, 6) is -0.503. The molecule has 0 spiro atoms. The zero-order chi connectivity index (χ0) is 15.7. The fraction of sp³-hybridized carbons (Fsp3) is 0.286. The van der Waals surface area contributed by atoms with Crippen molar-refractivity contribution in [2.24, 2.45) is 0 Å². The maximum Gasteiger partial charge on any atom is 0.272 e. The van der Waals surface area contributed by atoms with E-state index < -0.39 is 17.8 Å². The van der Waals surface area contributed by atoms with Crippen molar-refractivity contribution in [1.82, 2.24) is 15.1 Å². The average Bonchev–Trinajstić information content (AvgIpc) is 3.08. The first-order valence-corrected chi connectivity index (χ1v) is 7.04. The zero-order valence-electron chi connectivity index (χ0n) is 11.4. The minimum atomic E-state index is -1.04. The van der Waals surface area contributed by atoms with E-state index in [0.29, 0.717) is 24.6 Å². The van der Waals surface area contributed by atoms with Crippen LogP contribution in [0.2, 0.25) is 5.02 Å². The van der Waals surface area contributed by atoms with E-state index in [9.17, 15) is 14.3 Å². The molecular weight excluding hydrogens is 313 g/mol. The fourth-order valence-electron chi connectivity index (χ4n) is 2.14. The number of fused-ring (bicyclic) bond motifs is 1. The molecule has 3 rings (SSSR count). The summed E-state index contributed by atoms with van der Waals surface area (Å²) >= 11 is 5.58. The van der Waals surface area contributed by atoms with Crippen molar-refractivity contribution in [2.45, 2.75) is 12.6 Å². The summed E-state index contributed by atoms with van der Waals surface area (Å²) in [7, 11) is 0. The number of aromatic nitrogens is 2. The standard InChI is InChI=1S/C14H13ClFN3O3/c15-9-2-1-8(5-10(9)16)12(20)7-17-14(21)11-6-13-19(18-11)3-4-22-13/h1-2,5-6,12,20H,3-4,7H2,(H,17,21). The first-order chi connectivity index (χ1) is 10.5. The van der Waals surface area contributed by atoms with E-state index in [-0.39, 0.29) is 17.3 Å². The second-order valence-electron chi connectivity index (χ2n) is 4.84. The number of ether oxygens (including phenoxy) is 1. The second kappa shape index (κ2) is 5.94. The second-order valence-corrected chi connectivity index (χ2v) is 5.25. The molecule has 0 saturated carbocycles. The van der Waals surface area contributed by atoms with Gasteiger partial charge in [-0.1, -0.05) is 17.7 Å². The molecule has 2 aromatic rings. The molecule has 0 radical (unpaired) electrons. The highest BCUT2D eigenvalue weighted by Crippen LogP contribution is 2.21. The molecule has 1 aliphatic rings. The van der Waals surface area contributed by atoms with Crippen molar-refractivity contribution < 1.29 is 19.0 Å². The topological polar surface area (TPSA) is 76.4 Å². The Morgan fingerprint density at radius 3 is 3.09 bits per heavy atom. The maximum atomic E-state index is 13.3. The Morgan fingerprint density at radius 2 is 2.36 bits per heavy atom. The molecule has 1 aromatic heterocycles. The van der Waals surface area contributed by atoms with Gasteiger partial charge in [0.2, 0.25) is 5.88 Å². The van der Waals surface area contributed by atoms with Crippen molar-refractivity contribution in [3.05, 3.63) is 46.4 Å². The first-order valence-electron chi connectivity index (χ1n) is 6.66. The fourth-order valence-corrected chi connectivity index (χ4v) is 2.26. The van der Waals surface area contributed by atoms with Crippen LogP contribution in [0.3, 0.4) is 0 Å². The Balaban J connectivity index is 1.61. The van der Waals surface area contributed by atoms with Crippen LogP contribution < -0.4 is 10.1 Å². The van der Waals surface area contributed by atoms with Gasteiger partial charge in [-0.3, -0.25) is 4.79 Å². The molecule has 1 unspecified atom stereocenters. The number of hydrogen-bond donors (Lipinski definition) is 2. The Hall–Kier alpha value is -2.12. The summed E-state index contributed by atoms with van der Waals surface area (Å²) in [6.45, 7) is 1.09. The molecule has 2 heterocycles. The van der Waals surface area contributed by atoms with Gasteiger partial charge in [-0.2, -0.15) is 5.10 Å². The molecule has 1 aliphatic heterocycles. The van der Waals surface area contributed by atoms with Crippen LogP contribution >= 0.6 is 11.6 Å². The maximum absolute atomic E-state index is 13.3. The number of rotatable bonds is 4. The number of carbonyl (C=O) groups excluding carboxylic acids is 1. The summed E-state index contributed by atoms with van der Waals surface area (Å²) in [5.41, 5.74) is 0.544. The van der Waals surface area contributed by atoms with Crippen LogP contribution in [0, 0.1) is 5.82 Å². The quantitative estimate of drug-likeness (QED) is 0.894.